The highest BCUT2D eigenvalue weighted by molar-refractivity contribution is 5.82. The van der Waals surface area contributed by atoms with Crippen molar-refractivity contribution in [3.63, 3.8) is 0 Å². The van der Waals surface area contributed by atoms with Crippen LogP contribution in [0.5, 0.6) is 0 Å². The summed E-state index contributed by atoms with van der Waals surface area (Å²) in [4.78, 5) is 11.1. The Hall–Kier alpha value is -1.05. The summed E-state index contributed by atoms with van der Waals surface area (Å²) in [5.41, 5.74) is 0. The lowest BCUT2D eigenvalue weighted by molar-refractivity contribution is -0.142. The van der Waals surface area contributed by atoms with Crippen LogP contribution in [0.2, 0.25) is 0 Å². The molecule has 0 rings (SSSR count). The molecule has 0 aromatic rings. The number of carbonyl (C=O) groups is 1. The summed E-state index contributed by atoms with van der Waals surface area (Å²) in [6.45, 7) is 5.88. The summed E-state index contributed by atoms with van der Waals surface area (Å²) < 4.78 is 5.08. The first-order valence-corrected chi connectivity index (χ1v) is 4.70. The van der Waals surface area contributed by atoms with E-state index >= 15 is 0 Å². The fraction of sp³-hybridized carbons (Fsp3) is 0.545. The second-order valence-corrected chi connectivity index (χ2v) is 2.92. The number of carbonyl (C=O) groups excluding carboxylic acids is 1. The number of ether oxygens (including phenoxy) is 1. The van der Waals surface area contributed by atoms with Gasteiger partial charge in [-0.3, -0.25) is 0 Å². The number of hydrogen-bond donors (Lipinski definition) is 0. The zero-order valence-corrected chi connectivity index (χ0v) is 8.62. The molecule has 0 aromatic carbocycles. The first kappa shape index (κ1) is 11.9. The van der Waals surface area contributed by atoms with Crippen LogP contribution < -0.4 is 0 Å². The van der Waals surface area contributed by atoms with E-state index in [1.54, 1.807) is 12.2 Å². The van der Waals surface area contributed by atoms with Crippen molar-refractivity contribution in [2.24, 2.45) is 0 Å². The van der Waals surface area contributed by atoms with Gasteiger partial charge in [-0.25, -0.2) is 4.79 Å². The van der Waals surface area contributed by atoms with E-state index in [1.165, 1.54) is 6.08 Å². The van der Waals surface area contributed by atoms with Crippen LogP contribution in [-0.2, 0) is 9.53 Å². The molecule has 0 bridgehead atoms. The summed E-state index contributed by atoms with van der Waals surface area (Å²) >= 11 is 0. The lowest BCUT2D eigenvalue weighted by Crippen LogP contribution is -2.12. The molecule has 1 unspecified atom stereocenters. The SMILES string of the molecule is CC=CC=CC(=O)OC(C)CCC. The van der Waals surface area contributed by atoms with Crippen LogP contribution in [0.25, 0.3) is 0 Å². The van der Waals surface area contributed by atoms with Gasteiger partial charge >= 0.3 is 5.97 Å². The summed E-state index contributed by atoms with van der Waals surface area (Å²) in [5.74, 6) is -0.265. The van der Waals surface area contributed by atoms with Crippen molar-refractivity contribution in [3.8, 4) is 0 Å². The molecule has 2 heteroatoms. The van der Waals surface area contributed by atoms with E-state index in [-0.39, 0.29) is 12.1 Å². The zero-order chi connectivity index (χ0) is 10.1. The minimum absolute atomic E-state index is 0.0211. The Kier molecular flexibility index (Phi) is 6.98. The van der Waals surface area contributed by atoms with Gasteiger partial charge in [-0.2, -0.15) is 0 Å². The predicted molar refractivity (Wildman–Crippen MR) is 54.4 cm³/mol. The molecule has 0 N–H and O–H groups in total. The molecule has 13 heavy (non-hydrogen) atoms. The molecule has 0 aromatic heterocycles. The normalized spacial score (nSPS) is 13.8. The molecule has 0 heterocycles. The van der Waals surface area contributed by atoms with Crippen LogP contribution in [-0.4, -0.2) is 12.1 Å². The Labute approximate surface area is 80.3 Å². The van der Waals surface area contributed by atoms with E-state index in [0.717, 1.165) is 12.8 Å². The lowest BCUT2D eigenvalue weighted by Gasteiger charge is -2.09. The Balaban J connectivity index is 3.73. The quantitative estimate of drug-likeness (QED) is 0.371. The fourth-order valence-corrected chi connectivity index (χ4v) is 0.948. The number of rotatable bonds is 5. The van der Waals surface area contributed by atoms with Crippen molar-refractivity contribution in [2.45, 2.75) is 39.7 Å². The van der Waals surface area contributed by atoms with E-state index in [4.69, 9.17) is 4.74 Å². The third-order valence-corrected chi connectivity index (χ3v) is 1.55. The van der Waals surface area contributed by atoms with Crippen molar-refractivity contribution in [2.75, 3.05) is 0 Å². The number of hydrogen-bond acceptors (Lipinski definition) is 2. The maximum Gasteiger partial charge on any atom is 0.331 e. The topological polar surface area (TPSA) is 26.3 Å². The molecule has 2 nitrogen and oxygen atoms in total. The molecular weight excluding hydrogens is 164 g/mol. The lowest BCUT2D eigenvalue weighted by atomic mass is 10.2. The fourth-order valence-electron chi connectivity index (χ4n) is 0.948. The molecule has 0 fully saturated rings. The third kappa shape index (κ3) is 7.32. The van der Waals surface area contributed by atoms with E-state index < -0.39 is 0 Å². The minimum Gasteiger partial charge on any atom is -0.460 e. The molecule has 0 aliphatic heterocycles. The van der Waals surface area contributed by atoms with Crippen molar-refractivity contribution < 1.29 is 9.53 Å². The molecule has 0 aliphatic rings. The molecular formula is C11H18O2. The maximum atomic E-state index is 11.1. The molecule has 0 saturated heterocycles. The van der Waals surface area contributed by atoms with Gasteiger partial charge in [0.1, 0.15) is 0 Å². The van der Waals surface area contributed by atoms with Gasteiger partial charge in [0.05, 0.1) is 6.10 Å². The minimum atomic E-state index is -0.265. The van der Waals surface area contributed by atoms with Gasteiger partial charge in [-0.15, -0.1) is 0 Å². The van der Waals surface area contributed by atoms with Crippen LogP contribution >= 0.6 is 0 Å². The zero-order valence-electron chi connectivity index (χ0n) is 8.62. The molecule has 0 amide bonds. The molecule has 1 atom stereocenters. The first-order valence-electron chi connectivity index (χ1n) is 4.70. The van der Waals surface area contributed by atoms with Crippen molar-refractivity contribution in [1.29, 1.82) is 0 Å². The van der Waals surface area contributed by atoms with Gasteiger partial charge in [-0.05, 0) is 20.3 Å². The molecule has 74 valence electrons. The highest BCUT2D eigenvalue weighted by Crippen LogP contribution is 2.01. The van der Waals surface area contributed by atoms with Gasteiger partial charge in [-0.1, -0.05) is 31.6 Å². The maximum absolute atomic E-state index is 11.1. The van der Waals surface area contributed by atoms with Gasteiger partial charge in [0.15, 0.2) is 0 Å². The van der Waals surface area contributed by atoms with Gasteiger partial charge in [0.2, 0.25) is 0 Å². The van der Waals surface area contributed by atoms with Gasteiger partial charge in [0.25, 0.3) is 0 Å². The number of allylic oxidation sites excluding steroid dienone is 3. The van der Waals surface area contributed by atoms with E-state index in [2.05, 4.69) is 6.92 Å². The number of esters is 1. The molecule has 0 spiro atoms. The Morgan fingerprint density at radius 3 is 2.69 bits per heavy atom. The molecule has 0 saturated carbocycles. The molecule has 0 radical (unpaired) electrons. The van der Waals surface area contributed by atoms with E-state index in [1.807, 2.05) is 19.9 Å². The second-order valence-electron chi connectivity index (χ2n) is 2.92. The van der Waals surface area contributed by atoms with Crippen LogP contribution in [0.4, 0.5) is 0 Å². The Morgan fingerprint density at radius 2 is 2.15 bits per heavy atom. The van der Waals surface area contributed by atoms with Crippen LogP contribution in [0.1, 0.15) is 33.6 Å². The van der Waals surface area contributed by atoms with Crippen LogP contribution in [0.15, 0.2) is 24.3 Å². The average Bonchev–Trinajstić information content (AvgIpc) is 2.05. The predicted octanol–water partition coefficient (Wildman–Crippen LogP) is 2.85. The van der Waals surface area contributed by atoms with Crippen LogP contribution in [0.3, 0.4) is 0 Å². The van der Waals surface area contributed by atoms with Gasteiger partial charge in [0, 0.05) is 6.08 Å². The average molecular weight is 182 g/mol. The Bertz CT molecular complexity index is 192. The largest absolute Gasteiger partial charge is 0.460 e. The monoisotopic (exact) mass is 182 g/mol. The van der Waals surface area contributed by atoms with Crippen LogP contribution in [0, 0.1) is 0 Å². The van der Waals surface area contributed by atoms with Crippen molar-refractivity contribution in [3.05, 3.63) is 24.3 Å². The second kappa shape index (κ2) is 7.59. The standard InChI is InChI=1S/C11H18O2/c1-4-6-7-9-11(12)13-10(3)8-5-2/h4,6-7,9-10H,5,8H2,1-3H3. The summed E-state index contributed by atoms with van der Waals surface area (Å²) in [6.07, 6.45) is 8.75. The summed E-state index contributed by atoms with van der Waals surface area (Å²) in [5, 5.41) is 0. The van der Waals surface area contributed by atoms with E-state index in [9.17, 15) is 4.79 Å². The smallest absolute Gasteiger partial charge is 0.331 e. The van der Waals surface area contributed by atoms with Crippen molar-refractivity contribution >= 4 is 5.97 Å². The van der Waals surface area contributed by atoms with Gasteiger partial charge < -0.3 is 4.74 Å². The molecule has 0 aliphatic carbocycles. The highest BCUT2D eigenvalue weighted by atomic mass is 16.5. The highest BCUT2D eigenvalue weighted by Gasteiger charge is 2.03. The first-order chi connectivity index (χ1) is 6.20. The summed E-state index contributed by atoms with van der Waals surface area (Å²) in [6, 6.07) is 0. The Morgan fingerprint density at radius 1 is 1.46 bits per heavy atom. The summed E-state index contributed by atoms with van der Waals surface area (Å²) in [7, 11) is 0. The van der Waals surface area contributed by atoms with E-state index in [0.29, 0.717) is 0 Å². The van der Waals surface area contributed by atoms with Crippen molar-refractivity contribution in [1.82, 2.24) is 0 Å². The third-order valence-electron chi connectivity index (χ3n) is 1.55.